The normalized spacial score (nSPS) is 19.3. The van der Waals surface area contributed by atoms with E-state index < -0.39 is 0 Å². The summed E-state index contributed by atoms with van der Waals surface area (Å²) in [5.74, 6) is -0.0332. The predicted octanol–water partition coefficient (Wildman–Crippen LogP) is 0.838. The van der Waals surface area contributed by atoms with Crippen molar-refractivity contribution < 1.29 is 4.79 Å². The Bertz CT molecular complexity index is 540. The maximum absolute atomic E-state index is 12.0. The molecule has 0 radical (unpaired) electrons. The molecule has 2 aromatic rings. The summed E-state index contributed by atoms with van der Waals surface area (Å²) in [5, 5.41) is 15.1. The highest BCUT2D eigenvalue weighted by Crippen LogP contribution is 2.18. The van der Waals surface area contributed by atoms with Crippen molar-refractivity contribution in [2.45, 2.75) is 25.4 Å². The van der Waals surface area contributed by atoms with Gasteiger partial charge in [0.15, 0.2) is 0 Å². The minimum atomic E-state index is -0.0332. The molecule has 1 unspecified atom stereocenters. The Morgan fingerprint density at radius 1 is 1.55 bits per heavy atom. The van der Waals surface area contributed by atoms with Crippen LogP contribution in [0.1, 0.15) is 12.8 Å². The molecule has 20 heavy (non-hydrogen) atoms. The monoisotopic (exact) mass is 292 g/mol. The molecule has 0 saturated carbocycles. The molecular weight excluding hydrogens is 276 g/mol. The van der Waals surface area contributed by atoms with Gasteiger partial charge in [0.05, 0.1) is 13.1 Å². The van der Waals surface area contributed by atoms with E-state index in [1.165, 1.54) is 11.3 Å². The Morgan fingerprint density at radius 3 is 3.25 bits per heavy atom. The number of anilines is 1. The van der Waals surface area contributed by atoms with E-state index in [9.17, 15) is 4.79 Å². The van der Waals surface area contributed by atoms with E-state index in [-0.39, 0.29) is 5.91 Å². The zero-order valence-corrected chi connectivity index (χ0v) is 11.8. The van der Waals surface area contributed by atoms with E-state index >= 15 is 0 Å². The Balaban J connectivity index is 1.54. The Morgan fingerprint density at radius 2 is 2.50 bits per heavy atom. The molecule has 7 nitrogen and oxygen atoms in total. The first-order valence-corrected chi connectivity index (χ1v) is 7.47. The van der Waals surface area contributed by atoms with Crippen molar-refractivity contribution in [2.24, 2.45) is 0 Å². The van der Waals surface area contributed by atoms with Crippen molar-refractivity contribution in [2.75, 3.05) is 18.4 Å². The molecule has 1 aliphatic rings. The third-order valence-corrected chi connectivity index (χ3v) is 4.02. The summed E-state index contributed by atoms with van der Waals surface area (Å²) in [7, 11) is 0. The minimum Gasteiger partial charge on any atom is -0.299 e. The maximum atomic E-state index is 12.0. The third-order valence-electron chi connectivity index (χ3n) is 3.41. The van der Waals surface area contributed by atoms with Crippen LogP contribution in [0.15, 0.2) is 24.0 Å². The highest BCUT2D eigenvalue weighted by atomic mass is 32.1. The fourth-order valence-corrected chi connectivity index (χ4v) is 2.97. The largest absolute Gasteiger partial charge is 0.299 e. The second kappa shape index (κ2) is 6.10. The van der Waals surface area contributed by atoms with E-state index in [0.717, 1.165) is 25.9 Å². The SMILES string of the molecule is O=C(CN1CCCC1Cn1cccn1)Nc1nncs1. The first-order valence-electron chi connectivity index (χ1n) is 6.59. The Kier molecular flexibility index (Phi) is 4.03. The number of carbonyl (C=O) groups is 1. The second-order valence-electron chi connectivity index (χ2n) is 4.79. The molecule has 0 spiro atoms. The summed E-state index contributed by atoms with van der Waals surface area (Å²) < 4.78 is 1.92. The summed E-state index contributed by atoms with van der Waals surface area (Å²) in [5.41, 5.74) is 1.60. The number of amides is 1. The zero-order valence-electron chi connectivity index (χ0n) is 11.0. The van der Waals surface area contributed by atoms with Gasteiger partial charge in [-0.1, -0.05) is 11.3 Å². The van der Waals surface area contributed by atoms with Crippen LogP contribution >= 0.6 is 11.3 Å². The van der Waals surface area contributed by atoms with Crippen LogP contribution in [0, 0.1) is 0 Å². The lowest BCUT2D eigenvalue weighted by Gasteiger charge is -2.23. The number of rotatable bonds is 5. The van der Waals surface area contributed by atoms with Crippen LogP contribution in [-0.4, -0.2) is 49.9 Å². The van der Waals surface area contributed by atoms with Gasteiger partial charge in [-0.2, -0.15) is 5.10 Å². The van der Waals surface area contributed by atoms with Gasteiger partial charge in [-0.15, -0.1) is 10.2 Å². The topological polar surface area (TPSA) is 75.9 Å². The summed E-state index contributed by atoms with van der Waals surface area (Å²) >= 11 is 1.33. The summed E-state index contributed by atoms with van der Waals surface area (Å²) in [6, 6.07) is 2.29. The van der Waals surface area contributed by atoms with Gasteiger partial charge in [0.2, 0.25) is 11.0 Å². The maximum Gasteiger partial charge on any atom is 0.240 e. The predicted molar refractivity (Wildman–Crippen MR) is 75.4 cm³/mol. The van der Waals surface area contributed by atoms with Crippen molar-refractivity contribution in [3.05, 3.63) is 24.0 Å². The average Bonchev–Trinajstić information content (AvgIpc) is 3.14. The number of aromatic nitrogens is 4. The fraction of sp³-hybridized carbons (Fsp3) is 0.500. The van der Waals surface area contributed by atoms with Crippen LogP contribution in [0.4, 0.5) is 5.13 Å². The minimum absolute atomic E-state index is 0.0332. The smallest absolute Gasteiger partial charge is 0.240 e. The zero-order chi connectivity index (χ0) is 13.8. The van der Waals surface area contributed by atoms with E-state index in [0.29, 0.717) is 17.7 Å². The van der Waals surface area contributed by atoms with E-state index in [1.807, 2.05) is 16.9 Å². The van der Waals surface area contributed by atoms with Gasteiger partial charge < -0.3 is 0 Å². The first kappa shape index (κ1) is 13.2. The van der Waals surface area contributed by atoms with E-state index in [2.05, 4.69) is 25.5 Å². The van der Waals surface area contributed by atoms with Gasteiger partial charge in [-0.25, -0.2) is 0 Å². The van der Waals surface area contributed by atoms with Gasteiger partial charge in [-0.3, -0.25) is 19.7 Å². The van der Waals surface area contributed by atoms with Crippen LogP contribution in [0.25, 0.3) is 0 Å². The van der Waals surface area contributed by atoms with Gasteiger partial charge in [0.25, 0.3) is 0 Å². The van der Waals surface area contributed by atoms with Crippen molar-refractivity contribution in [1.82, 2.24) is 24.9 Å². The number of likely N-dealkylation sites (tertiary alicyclic amines) is 1. The second-order valence-corrected chi connectivity index (χ2v) is 5.62. The molecule has 3 heterocycles. The Labute approximate surface area is 120 Å². The Hall–Kier alpha value is -1.80. The lowest BCUT2D eigenvalue weighted by molar-refractivity contribution is -0.117. The first-order chi connectivity index (χ1) is 9.81. The van der Waals surface area contributed by atoms with Gasteiger partial charge in [0, 0.05) is 18.4 Å². The van der Waals surface area contributed by atoms with Gasteiger partial charge >= 0.3 is 0 Å². The van der Waals surface area contributed by atoms with E-state index in [1.54, 1.807) is 11.7 Å². The standard InChI is InChI=1S/C12H16N6OS/c19-11(15-12-16-13-9-20-12)8-17-5-1-3-10(17)7-18-6-2-4-14-18/h2,4,6,9-10H,1,3,5,7-8H2,(H,15,16,19). The fourth-order valence-electron chi connectivity index (χ4n) is 2.51. The molecule has 1 saturated heterocycles. The number of nitrogens with zero attached hydrogens (tertiary/aromatic N) is 5. The summed E-state index contributed by atoms with van der Waals surface area (Å²) in [6.07, 6.45) is 5.96. The average molecular weight is 292 g/mol. The molecule has 1 fully saturated rings. The summed E-state index contributed by atoms with van der Waals surface area (Å²) in [6.45, 7) is 2.18. The molecule has 1 atom stereocenters. The molecule has 0 aromatic carbocycles. The molecule has 1 N–H and O–H groups in total. The van der Waals surface area contributed by atoms with Crippen LogP contribution in [0.3, 0.4) is 0 Å². The van der Waals surface area contributed by atoms with Crippen molar-refractivity contribution in [1.29, 1.82) is 0 Å². The van der Waals surface area contributed by atoms with Gasteiger partial charge in [-0.05, 0) is 25.5 Å². The van der Waals surface area contributed by atoms with E-state index in [4.69, 9.17) is 0 Å². The molecule has 1 aliphatic heterocycles. The number of hydrogen-bond donors (Lipinski definition) is 1. The molecule has 3 rings (SSSR count). The van der Waals surface area contributed by atoms with Crippen LogP contribution in [0.2, 0.25) is 0 Å². The molecule has 0 aliphatic carbocycles. The lowest BCUT2D eigenvalue weighted by Crippen LogP contribution is -2.39. The number of hydrogen-bond acceptors (Lipinski definition) is 6. The quantitative estimate of drug-likeness (QED) is 0.883. The third kappa shape index (κ3) is 3.20. The molecule has 106 valence electrons. The van der Waals surface area contributed by atoms with Crippen molar-refractivity contribution >= 4 is 22.4 Å². The molecule has 8 heteroatoms. The summed E-state index contributed by atoms with van der Waals surface area (Å²) in [4.78, 5) is 14.2. The molecule has 2 aromatic heterocycles. The molecule has 1 amide bonds. The highest BCUT2D eigenvalue weighted by molar-refractivity contribution is 7.13. The molecule has 0 bridgehead atoms. The molecular formula is C12H16N6OS. The highest BCUT2D eigenvalue weighted by Gasteiger charge is 2.26. The van der Waals surface area contributed by atoms with Crippen molar-refractivity contribution in [3.63, 3.8) is 0 Å². The van der Waals surface area contributed by atoms with Crippen LogP contribution in [0.5, 0.6) is 0 Å². The number of nitrogens with one attached hydrogen (secondary N) is 1. The van der Waals surface area contributed by atoms with Crippen LogP contribution in [-0.2, 0) is 11.3 Å². The van der Waals surface area contributed by atoms with Crippen molar-refractivity contribution in [3.8, 4) is 0 Å². The lowest BCUT2D eigenvalue weighted by atomic mass is 10.2. The van der Waals surface area contributed by atoms with Crippen LogP contribution < -0.4 is 5.32 Å². The van der Waals surface area contributed by atoms with Gasteiger partial charge in [0.1, 0.15) is 5.51 Å². The number of carbonyl (C=O) groups excluding carboxylic acids is 1.